The molecule has 1 fully saturated rings. The second-order valence-electron chi connectivity index (χ2n) is 7.86. The van der Waals surface area contributed by atoms with E-state index < -0.39 is 11.8 Å². The van der Waals surface area contributed by atoms with Gasteiger partial charge in [-0.15, -0.1) is 5.10 Å². The van der Waals surface area contributed by atoms with Crippen LogP contribution in [0.1, 0.15) is 53.5 Å². The molecule has 2 aromatic rings. The highest BCUT2D eigenvalue weighted by Crippen LogP contribution is 2.21. The van der Waals surface area contributed by atoms with Crippen LogP contribution in [0, 0.1) is 12.8 Å². The van der Waals surface area contributed by atoms with Crippen molar-refractivity contribution in [1.82, 2.24) is 19.8 Å². The number of piperidine rings is 1. The molecule has 9 heteroatoms. The number of anilines is 1. The van der Waals surface area contributed by atoms with Gasteiger partial charge in [0.05, 0.1) is 5.69 Å². The first-order valence-corrected chi connectivity index (χ1v) is 10.9. The van der Waals surface area contributed by atoms with E-state index in [4.69, 9.17) is 0 Å². The Hall–Kier alpha value is -2.81. The number of rotatable bonds is 5. The molecule has 0 atom stereocenters. The van der Waals surface area contributed by atoms with Gasteiger partial charge < -0.3 is 15.5 Å². The second kappa shape index (κ2) is 9.80. The van der Waals surface area contributed by atoms with Gasteiger partial charge in [0.25, 0.3) is 5.91 Å². The van der Waals surface area contributed by atoms with Crippen LogP contribution in [0.15, 0.2) is 24.3 Å². The zero-order chi connectivity index (χ0) is 21.7. The van der Waals surface area contributed by atoms with E-state index in [0.717, 1.165) is 24.4 Å². The van der Waals surface area contributed by atoms with E-state index in [1.165, 1.54) is 5.56 Å². The third-order valence-electron chi connectivity index (χ3n) is 5.34. The number of hydrogen-bond donors (Lipinski definition) is 2. The Bertz CT molecular complexity index is 902. The molecule has 2 N–H and O–H groups in total. The molecule has 0 spiro atoms. The summed E-state index contributed by atoms with van der Waals surface area (Å²) >= 11 is 1.12. The maximum atomic E-state index is 12.5. The Kier molecular flexibility index (Phi) is 7.15. The average Bonchev–Trinajstić information content (AvgIpc) is 3.18. The minimum Gasteiger partial charge on any atom is -0.348 e. The molecule has 1 aromatic heterocycles. The quantitative estimate of drug-likeness (QED) is 0.711. The molecule has 1 aliphatic heterocycles. The van der Waals surface area contributed by atoms with Gasteiger partial charge in [0, 0.05) is 25.3 Å². The normalized spacial score (nSPS) is 14.6. The summed E-state index contributed by atoms with van der Waals surface area (Å²) in [5, 5.41) is 9.22. The van der Waals surface area contributed by atoms with Gasteiger partial charge in [-0.1, -0.05) is 30.5 Å². The number of likely N-dealkylation sites (tertiary alicyclic amines) is 1. The number of hydrogen-bond acceptors (Lipinski definition) is 6. The van der Waals surface area contributed by atoms with Gasteiger partial charge in [-0.3, -0.25) is 14.4 Å². The third kappa shape index (κ3) is 5.41. The predicted octanol–water partition coefficient (Wildman–Crippen LogP) is 2.58. The Morgan fingerprint density at radius 3 is 2.37 bits per heavy atom. The molecule has 0 radical (unpaired) electrons. The number of nitrogens with one attached hydrogen (secondary N) is 2. The summed E-state index contributed by atoms with van der Waals surface area (Å²) in [6.07, 6.45) is 1.55. The molecule has 2 heterocycles. The lowest BCUT2D eigenvalue weighted by Gasteiger charge is -2.31. The Morgan fingerprint density at radius 1 is 1.13 bits per heavy atom. The lowest BCUT2D eigenvalue weighted by molar-refractivity contribution is -0.136. The van der Waals surface area contributed by atoms with Gasteiger partial charge >= 0.3 is 11.8 Å². The number of benzene rings is 1. The van der Waals surface area contributed by atoms with Crippen molar-refractivity contribution in [2.75, 3.05) is 25.0 Å². The van der Waals surface area contributed by atoms with Crippen LogP contribution in [0.2, 0.25) is 0 Å². The number of carbonyl (C=O) groups is 3. The summed E-state index contributed by atoms with van der Waals surface area (Å²) < 4.78 is 3.82. The van der Waals surface area contributed by atoms with Gasteiger partial charge in [0.2, 0.25) is 0 Å². The fraction of sp³-hybridized carbons (Fsp3) is 0.476. The van der Waals surface area contributed by atoms with Crippen LogP contribution < -0.4 is 10.6 Å². The van der Waals surface area contributed by atoms with Gasteiger partial charge in [-0.2, -0.15) is 0 Å². The van der Waals surface area contributed by atoms with Crippen molar-refractivity contribution < 1.29 is 14.4 Å². The van der Waals surface area contributed by atoms with Crippen LogP contribution in [-0.2, 0) is 9.59 Å². The van der Waals surface area contributed by atoms with Crippen molar-refractivity contribution in [3.8, 4) is 0 Å². The second-order valence-corrected chi connectivity index (χ2v) is 8.62. The highest BCUT2D eigenvalue weighted by Gasteiger charge is 2.26. The highest BCUT2D eigenvalue weighted by molar-refractivity contribution is 7.07. The van der Waals surface area contributed by atoms with Gasteiger partial charge in [0.15, 0.2) is 0 Å². The molecule has 1 aliphatic rings. The smallest absolute Gasteiger partial charge is 0.313 e. The van der Waals surface area contributed by atoms with Crippen LogP contribution in [0.4, 0.5) is 5.69 Å². The molecule has 30 heavy (non-hydrogen) atoms. The predicted molar refractivity (Wildman–Crippen MR) is 115 cm³/mol. The van der Waals surface area contributed by atoms with E-state index in [0.29, 0.717) is 41.8 Å². The Balaban J connectivity index is 1.41. The minimum absolute atomic E-state index is 0.0344. The maximum absolute atomic E-state index is 12.5. The fourth-order valence-electron chi connectivity index (χ4n) is 3.37. The maximum Gasteiger partial charge on any atom is 0.313 e. The Labute approximate surface area is 180 Å². The lowest BCUT2D eigenvalue weighted by atomic mass is 9.96. The monoisotopic (exact) mass is 429 g/mol. The molecule has 0 bridgehead atoms. The molecule has 1 saturated heterocycles. The number of aromatic nitrogens is 2. The molecule has 0 unspecified atom stereocenters. The topological polar surface area (TPSA) is 104 Å². The van der Waals surface area contributed by atoms with Crippen LogP contribution in [0.25, 0.3) is 0 Å². The average molecular weight is 430 g/mol. The minimum atomic E-state index is -0.673. The largest absolute Gasteiger partial charge is 0.348 e. The van der Waals surface area contributed by atoms with E-state index in [1.54, 1.807) is 24.0 Å². The SMILES string of the molecule is Cc1nnsc1C(=O)N1CCC(CNC(=O)C(=O)Nc2ccc(C(C)C)cc2)CC1. The zero-order valence-electron chi connectivity index (χ0n) is 17.5. The number of aryl methyl sites for hydroxylation is 1. The van der Waals surface area contributed by atoms with E-state index in [9.17, 15) is 14.4 Å². The summed E-state index contributed by atoms with van der Waals surface area (Å²) in [6.45, 7) is 7.62. The molecular formula is C21H27N5O3S. The van der Waals surface area contributed by atoms with Crippen LogP contribution in [-0.4, -0.2) is 51.8 Å². The van der Waals surface area contributed by atoms with Gasteiger partial charge in [-0.25, -0.2) is 0 Å². The standard InChI is InChI=1S/C21H27N5O3S/c1-13(2)16-4-6-17(7-5-16)23-20(28)19(27)22-12-15-8-10-26(11-9-15)21(29)18-14(3)24-25-30-18/h4-7,13,15H,8-12H2,1-3H3,(H,22,27)(H,23,28). The molecule has 8 nitrogen and oxygen atoms in total. The van der Waals surface area contributed by atoms with E-state index >= 15 is 0 Å². The summed E-state index contributed by atoms with van der Waals surface area (Å²) in [6, 6.07) is 7.48. The molecule has 3 rings (SSSR count). The summed E-state index contributed by atoms with van der Waals surface area (Å²) in [5.41, 5.74) is 2.42. The number of nitrogens with zero attached hydrogens (tertiary/aromatic N) is 3. The Morgan fingerprint density at radius 2 is 1.80 bits per heavy atom. The number of amides is 3. The van der Waals surface area contributed by atoms with Crippen LogP contribution in [0.5, 0.6) is 0 Å². The van der Waals surface area contributed by atoms with E-state index in [2.05, 4.69) is 34.1 Å². The van der Waals surface area contributed by atoms with Gasteiger partial charge in [-0.05, 0) is 60.8 Å². The molecule has 1 aromatic carbocycles. The van der Waals surface area contributed by atoms with Crippen LogP contribution >= 0.6 is 11.5 Å². The zero-order valence-corrected chi connectivity index (χ0v) is 18.3. The third-order valence-corrected chi connectivity index (χ3v) is 6.16. The van der Waals surface area contributed by atoms with Crippen LogP contribution in [0.3, 0.4) is 0 Å². The molecule has 160 valence electrons. The summed E-state index contributed by atoms with van der Waals surface area (Å²) in [5.74, 6) is -0.715. The highest BCUT2D eigenvalue weighted by atomic mass is 32.1. The summed E-state index contributed by atoms with van der Waals surface area (Å²) in [4.78, 5) is 39.1. The van der Waals surface area contributed by atoms with Crippen molar-refractivity contribution in [1.29, 1.82) is 0 Å². The molecule has 0 aliphatic carbocycles. The lowest BCUT2D eigenvalue weighted by Crippen LogP contribution is -2.43. The van der Waals surface area contributed by atoms with Crippen molar-refractivity contribution >= 4 is 34.9 Å². The van der Waals surface area contributed by atoms with Gasteiger partial charge in [0.1, 0.15) is 4.88 Å². The first-order valence-electron chi connectivity index (χ1n) is 10.1. The number of carbonyl (C=O) groups excluding carboxylic acids is 3. The first-order chi connectivity index (χ1) is 14.3. The van der Waals surface area contributed by atoms with Crippen molar-refractivity contribution in [3.63, 3.8) is 0 Å². The molecule has 0 saturated carbocycles. The summed E-state index contributed by atoms with van der Waals surface area (Å²) in [7, 11) is 0. The molecular weight excluding hydrogens is 402 g/mol. The van der Waals surface area contributed by atoms with Crippen molar-refractivity contribution in [2.45, 2.75) is 39.5 Å². The first kappa shape index (κ1) is 21.9. The van der Waals surface area contributed by atoms with E-state index in [1.807, 2.05) is 12.1 Å². The van der Waals surface area contributed by atoms with E-state index in [-0.39, 0.29) is 11.8 Å². The fourth-order valence-corrected chi connectivity index (χ4v) is 3.99. The van der Waals surface area contributed by atoms with Crippen molar-refractivity contribution in [2.24, 2.45) is 5.92 Å². The van der Waals surface area contributed by atoms with Crippen molar-refractivity contribution in [3.05, 3.63) is 40.4 Å². The molecule has 3 amide bonds.